The van der Waals surface area contributed by atoms with E-state index in [1.54, 1.807) is 0 Å². The Morgan fingerprint density at radius 2 is 2.00 bits per heavy atom. The first kappa shape index (κ1) is 13.3. The van der Waals surface area contributed by atoms with Crippen molar-refractivity contribution in [3.05, 3.63) is 34.9 Å². The molecular formula is C14H20ClNS. The number of nitrogens with one attached hydrogen (secondary N) is 1. The number of rotatable bonds is 6. The van der Waals surface area contributed by atoms with Crippen molar-refractivity contribution in [2.75, 3.05) is 12.8 Å². The Morgan fingerprint density at radius 3 is 2.53 bits per heavy atom. The van der Waals surface area contributed by atoms with Gasteiger partial charge in [0, 0.05) is 22.4 Å². The molecule has 1 fully saturated rings. The van der Waals surface area contributed by atoms with Crippen molar-refractivity contribution in [2.45, 2.75) is 37.0 Å². The molecule has 0 aromatic heterocycles. The molecule has 2 rings (SSSR count). The molecule has 0 saturated heterocycles. The van der Waals surface area contributed by atoms with Crippen LogP contribution >= 0.6 is 23.4 Å². The lowest BCUT2D eigenvalue weighted by Gasteiger charge is -2.18. The first-order chi connectivity index (χ1) is 8.13. The molecular weight excluding hydrogens is 250 g/mol. The summed E-state index contributed by atoms with van der Waals surface area (Å²) >= 11 is 7.89. The quantitative estimate of drug-likeness (QED) is 0.844. The molecule has 0 heterocycles. The van der Waals surface area contributed by atoms with Gasteiger partial charge in [0.25, 0.3) is 0 Å². The highest BCUT2D eigenvalue weighted by Crippen LogP contribution is 2.46. The van der Waals surface area contributed by atoms with Gasteiger partial charge in [-0.1, -0.05) is 23.7 Å². The molecule has 1 aromatic rings. The summed E-state index contributed by atoms with van der Waals surface area (Å²) in [5.74, 6) is 0. The van der Waals surface area contributed by atoms with Crippen LogP contribution in [-0.2, 0) is 6.42 Å². The minimum absolute atomic E-state index is 0.529. The number of halogens is 1. The van der Waals surface area contributed by atoms with E-state index in [4.69, 9.17) is 11.6 Å². The summed E-state index contributed by atoms with van der Waals surface area (Å²) in [6.45, 7) is 3.40. The van der Waals surface area contributed by atoms with Crippen LogP contribution in [0.15, 0.2) is 24.3 Å². The van der Waals surface area contributed by atoms with Gasteiger partial charge >= 0.3 is 0 Å². The maximum absolute atomic E-state index is 5.88. The highest BCUT2D eigenvalue weighted by molar-refractivity contribution is 8.00. The first-order valence-corrected chi connectivity index (χ1v) is 7.77. The molecule has 1 N–H and O–H groups in total. The molecule has 1 unspecified atom stereocenters. The van der Waals surface area contributed by atoms with Crippen LogP contribution in [0.2, 0.25) is 5.02 Å². The van der Waals surface area contributed by atoms with E-state index in [2.05, 4.69) is 30.6 Å². The molecule has 17 heavy (non-hydrogen) atoms. The van der Waals surface area contributed by atoms with Crippen LogP contribution < -0.4 is 5.32 Å². The maximum atomic E-state index is 5.88. The van der Waals surface area contributed by atoms with E-state index in [9.17, 15) is 0 Å². The van der Waals surface area contributed by atoms with Crippen LogP contribution in [0.5, 0.6) is 0 Å². The highest BCUT2D eigenvalue weighted by Gasteiger charge is 2.41. The molecule has 1 aliphatic carbocycles. The van der Waals surface area contributed by atoms with E-state index in [1.807, 2.05) is 23.9 Å². The van der Waals surface area contributed by atoms with E-state index in [-0.39, 0.29) is 0 Å². The van der Waals surface area contributed by atoms with Gasteiger partial charge in [0.1, 0.15) is 0 Å². The third-order valence-electron chi connectivity index (χ3n) is 3.47. The monoisotopic (exact) mass is 269 g/mol. The number of benzene rings is 1. The Hall–Kier alpha value is -0.180. The third kappa shape index (κ3) is 3.90. The summed E-state index contributed by atoms with van der Waals surface area (Å²) in [5, 5.41) is 4.46. The van der Waals surface area contributed by atoms with Gasteiger partial charge in [0.05, 0.1) is 0 Å². The Morgan fingerprint density at radius 1 is 1.35 bits per heavy atom. The molecule has 0 spiro atoms. The highest BCUT2D eigenvalue weighted by atomic mass is 35.5. The molecule has 0 bridgehead atoms. The average Bonchev–Trinajstić information content (AvgIpc) is 3.10. The molecule has 1 aromatic carbocycles. The van der Waals surface area contributed by atoms with E-state index < -0.39 is 0 Å². The Balaban J connectivity index is 1.77. The van der Waals surface area contributed by atoms with Gasteiger partial charge < -0.3 is 5.32 Å². The second-order valence-electron chi connectivity index (χ2n) is 5.00. The number of hydrogen-bond acceptors (Lipinski definition) is 2. The molecule has 94 valence electrons. The van der Waals surface area contributed by atoms with Gasteiger partial charge in [-0.2, -0.15) is 11.8 Å². The summed E-state index contributed by atoms with van der Waals surface area (Å²) in [5.41, 5.74) is 1.35. The molecule has 0 aliphatic heterocycles. The topological polar surface area (TPSA) is 12.0 Å². The second-order valence-corrected chi connectivity index (χ2v) is 6.71. The van der Waals surface area contributed by atoms with Crippen LogP contribution in [0.4, 0.5) is 0 Å². The van der Waals surface area contributed by atoms with Gasteiger partial charge in [-0.15, -0.1) is 0 Å². The van der Waals surface area contributed by atoms with E-state index >= 15 is 0 Å². The molecule has 0 amide bonds. The lowest BCUT2D eigenvalue weighted by atomic mass is 10.1. The van der Waals surface area contributed by atoms with E-state index in [1.165, 1.54) is 18.4 Å². The fourth-order valence-corrected chi connectivity index (χ4v) is 2.86. The fourth-order valence-electron chi connectivity index (χ4n) is 2.00. The van der Waals surface area contributed by atoms with Crippen molar-refractivity contribution in [2.24, 2.45) is 0 Å². The molecule has 1 nitrogen and oxygen atoms in total. The Kier molecular flexibility index (Phi) is 4.40. The summed E-state index contributed by atoms with van der Waals surface area (Å²) < 4.78 is 0.550. The SMILES string of the molecule is CSC1(CNC(C)Cc2ccc(Cl)cc2)CC1. The van der Waals surface area contributed by atoms with Crippen molar-refractivity contribution < 1.29 is 0 Å². The standard InChI is InChI=1S/C14H20ClNS/c1-11(16-10-14(17-2)7-8-14)9-12-3-5-13(15)6-4-12/h3-6,11,16H,7-10H2,1-2H3. The summed E-state index contributed by atoms with van der Waals surface area (Å²) in [6, 6.07) is 8.69. The van der Waals surface area contributed by atoms with E-state index in [0.29, 0.717) is 10.8 Å². The van der Waals surface area contributed by atoms with Crippen molar-refractivity contribution >= 4 is 23.4 Å². The van der Waals surface area contributed by atoms with Gasteiger partial charge in [-0.05, 0) is 50.1 Å². The lowest BCUT2D eigenvalue weighted by molar-refractivity contribution is 0.538. The minimum atomic E-state index is 0.529. The average molecular weight is 270 g/mol. The lowest BCUT2D eigenvalue weighted by Crippen LogP contribution is -2.34. The fraction of sp³-hybridized carbons (Fsp3) is 0.571. The van der Waals surface area contributed by atoms with Crippen molar-refractivity contribution in [3.8, 4) is 0 Å². The van der Waals surface area contributed by atoms with Gasteiger partial charge in [-0.25, -0.2) is 0 Å². The molecule has 1 aliphatic rings. The van der Waals surface area contributed by atoms with Crippen LogP contribution in [0.3, 0.4) is 0 Å². The summed E-state index contributed by atoms with van der Waals surface area (Å²) in [7, 11) is 0. The predicted octanol–water partition coefficient (Wildman–Crippen LogP) is 3.76. The van der Waals surface area contributed by atoms with Gasteiger partial charge in [-0.3, -0.25) is 0 Å². The van der Waals surface area contributed by atoms with Crippen molar-refractivity contribution in [1.29, 1.82) is 0 Å². The van der Waals surface area contributed by atoms with Crippen LogP contribution in [0.1, 0.15) is 25.3 Å². The van der Waals surface area contributed by atoms with Crippen LogP contribution in [0, 0.1) is 0 Å². The number of hydrogen-bond donors (Lipinski definition) is 1. The molecule has 3 heteroatoms. The summed E-state index contributed by atoms with van der Waals surface area (Å²) in [6.07, 6.45) is 6.03. The Bertz CT molecular complexity index is 359. The minimum Gasteiger partial charge on any atom is -0.313 e. The molecule has 0 radical (unpaired) electrons. The smallest absolute Gasteiger partial charge is 0.0406 e. The van der Waals surface area contributed by atoms with Crippen molar-refractivity contribution in [1.82, 2.24) is 5.32 Å². The zero-order chi connectivity index (χ0) is 12.3. The third-order valence-corrected chi connectivity index (χ3v) is 5.14. The number of thioether (sulfide) groups is 1. The first-order valence-electron chi connectivity index (χ1n) is 6.16. The zero-order valence-electron chi connectivity index (χ0n) is 10.5. The van der Waals surface area contributed by atoms with Crippen LogP contribution in [-0.4, -0.2) is 23.6 Å². The molecule has 1 atom stereocenters. The van der Waals surface area contributed by atoms with Gasteiger partial charge in [0.15, 0.2) is 0 Å². The van der Waals surface area contributed by atoms with Crippen LogP contribution in [0.25, 0.3) is 0 Å². The maximum Gasteiger partial charge on any atom is 0.0406 e. The van der Waals surface area contributed by atoms with Gasteiger partial charge in [0.2, 0.25) is 0 Å². The Labute approximate surface area is 113 Å². The summed E-state index contributed by atoms with van der Waals surface area (Å²) in [4.78, 5) is 0. The van der Waals surface area contributed by atoms with E-state index in [0.717, 1.165) is 18.0 Å². The zero-order valence-corrected chi connectivity index (χ0v) is 12.1. The predicted molar refractivity (Wildman–Crippen MR) is 78.1 cm³/mol. The second kappa shape index (κ2) is 5.64. The largest absolute Gasteiger partial charge is 0.313 e. The van der Waals surface area contributed by atoms with Crippen molar-refractivity contribution in [3.63, 3.8) is 0 Å². The molecule has 1 saturated carbocycles. The normalized spacial score (nSPS) is 19.0.